The van der Waals surface area contributed by atoms with Gasteiger partial charge in [-0.1, -0.05) is 42.5 Å². The second-order valence-electron chi connectivity index (χ2n) is 5.75. The molecule has 0 bridgehead atoms. The van der Waals surface area contributed by atoms with E-state index in [-0.39, 0.29) is 11.8 Å². The maximum Gasteiger partial charge on any atom is 0.232 e. The van der Waals surface area contributed by atoms with Crippen molar-refractivity contribution in [3.63, 3.8) is 0 Å². The van der Waals surface area contributed by atoms with E-state index in [9.17, 15) is 4.79 Å². The van der Waals surface area contributed by atoms with Gasteiger partial charge in [-0.15, -0.1) is 0 Å². The lowest BCUT2D eigenvalue weighted by molar-refractivity contribution is -0.117. The lowest BCUT2D eigenvalue weighted by atomic mass is 9.91. The molecule has 4 nitrogen and oxygen atoms in total. The van der Waals surface area contributed by atoms with E-state index >= 15 is 0 Å². The fourth-order valence-corrected chi connectivity index (χ4v) is 2.73. The zero-order chi connectivity index (χ0) is 17.5. The topological polar surface area (TPSA) is 51.2 Å². The number of nitrogens with one attached hydrogen (secondary N) is 1. The Hall–Kier alpha value is -3.14. The van der Waals surface area contributed by atoms with Gasteiger partial charge in [-0.3, -0.25) is 9.78 Å². The standard InChI is InChI=1S/C21H20N2O2/c1-25-19-11-5-10-18(14-19)23-21(24)20(17-8-3-2-4-9-17)13-16-7-6-12-22-15-16/h2-12,14-15,20H,13H2,1H3,(H,23,24). The molecule has 0 saturated carbocycles. The zero-order valence-corrected chi connectivity index (χ0v) is 14.1. The molecule has 4 heteroatoms. The Morgan fingerprint density at radius 2 is 1.92 bits per heavy atom. The highest BCUT2D eigenvalue weighted by Crippen LogP contribution is 2.24. The molecule has 1 atom stereocenters. The molecular formula is C21H20N2O2. The molecular weight excluding hydrogens is 312 g/mol. The molecule has 0 aliphatic rings. The van der Waals surface area contributed by atoms with Gasteiger partial charge in [-0.05, 0) is 35.7 Å². The molecule has 3 aromatic rings. The molecule has 1 amide bonds. The van der Waals surface area contributed by atoms with Gasteiger partial charge >= 0.3 is 0 Å². The predicted octanol–water partition coefficient (Wildman–Crippen LogP) is 4.06. The number of nitrogens with zero attached hydrogens (tertiary/aromatic N) is 1. The minimum absolute atomic E-state index is 0.0525. The molecule has 1 unspecified atom stereocenters. The minimum atomic E-state index is -0.295. The highest BCUT2D eigenvalue weighted by molar-refractivity contribution is 5.96. The minimum Gasteiger partial charge on any atom is -0.497 e. The van der Waals surface area contributed by atoms with Crippen LogP contribution in [0.15, 0.2) is 79.1 Å². The summed E-state index contributed by atoms with van der Waals surface area (Å²) in [6, 6.07) is 21.0. The van der Waals surface area contributed by atoms with Crippen LogP contribution in [0.3, 0.4) is 0 Å². The van der Waals surface area contributed by atoms with Gasteiger partial charge in [-0.25, -0.2) is 0 Å². The molecule has 2 aromatic carbocycles. The van der Waals surface area contributed by atoms with E-state index in [1.807, 2.05) is 66.7 Å². The quantitative estimate of drug-likeness (QED) is 0.741. The number of rotatable bonds is 6. The Bertz CT molecular complexity index is 820. The van der Waals surface area contributed by atoms with Crippen LogP contribution < -0.4 is 10.1 Å². The third-order valence-electron chi connectivity index (χ3n) is 4.02. The van der Waals surface area contributed by atoms with E-state index < -0.39 is 0 Å². The summed E-state index contributed by atoms with van der Waals surface area (Å²) in [5, 5.41) is 3.00. The van der Waals surface area contributed by atoms with Crippen LogP contribution in [-0.4, -0.2) is 18.0 Å². The maximum atomic E-state index is 12.9. The van der Waals surface area contributed by atoms with Gasteiger partial charge in [0.2, 0.25) is 5.91 Å². The van der Waals surface area contributed by atoms with Gasteiger partial charge in [0, 0.05) is 24.1 Å². The molecule has 0 aliphatic carbocycles. The highest BCUT2D eigenvalue weighted by atomic mass is 16.5. The van der Waals surface area contributed by atoms with Crippen LogP contribution in [-0.2, 0) is 11.2 Å². The van der Waals surface area contributed by atoms with Crippen molar-refractivity contribution >= 4 is 11.6 Å². The van der Waals surface area contributed by atoms with Crippen molar-refractivity contribution in [2.45, 2.75) is 12.3 Å². The molecule has 1 aromatic heterocycles. The lowest BCUT2D eigenvalue weighted by Gasteiger charge is -2.17. The van der Waals surface area contributed by atoms with Gasteiger partial charge in [0.1, 0.15) is 5.75 Å². The summed E-state index contributed by atoms with van der Waals surface area (Å²) in [7, 11) is 1.61. The van der Waals surface area contributed by atoms with E-state index in [0.29, 0.717) is 12.2 Å². The van der Waals surface area contributed by atoms with Crippen LogP contribution in [0.25, 0.3) is 0 Å². The molecule has 0 radical (unpaired) electrons. The average Bonchev–Trinajstić information content (AvgIpc) is 2.67. The number of hydrogen-bond donors (Lipinski definition) is 1. The monoisotopic (exact) mass is 332 g/mol. The number of pyridine rings is 1. The van der Waals surface area contributed by atoms with Crippen molar-refractivity contribution in [2.24, 2.45) is 0 Å². The largest absolute Gasteiger partial charge is 0.497 e. The first kappa shape index (κ1) is 16.7. The molecule has 0 saturated heterocycles. The van der Waals surface area contributed by atoms with E-state index in [1.165, 1.54) is 0 Å². The maximum absolute atomic E-state index is 12.9. The van der Waals surface area contributed by atoms with Crippen LogP contribution in [0.1, 0.15) is 17.0 Å². The third kappa shape index (κ3) is 4.44. The van der Waals surface area contributed by atoms with Crippen molar-refractivity contribution in [3.05, 3.63) is 90.3 Å². The number of benzene rings is 2. The Labute approximate surface area is 147 Å². The molecule has 0 spiro atoms. The number of hydrogen-bond acceptors (Lipinski definition) is 3. The number of anilines is 1. The first-order valence-corrected chi connectivity index (χ1v) is 8.15. The molecule has 25 heavy (non-hydrogen) atoms. The number of carbonyl (C=O) groups is 1. The first-order chi connectivity index (χ1) is 12.3. The van der Waals surface area contributed by atoms with Crippen molar-refractivity contribution in [1.82, 2.24) is 4.98 Å². The van der Waals surface area contributed by atoms with Crippen molar-refractivity contribution < 1.29 is 9.53 Å². The van der Waals surface area contributed by atoms with Crippen LogP contribution in [0.2, 0.25) is 0 Å². The second-order valence-corrected chi connectivity index (χ2v) is 5.75. The Balaban J connectivity index is 1.84. The van der Waals surface area contributed by atoms with E-state index in [1.54, 1.807) is 19.5 Å². The number of amides is 1. The Morgan fingerprint density at radius 1 is 1.08 bits per heavy atom. The highest BCUT2D eigenvalue weighted by Gasteiger charge is 2.21. The van der Waals surface area contributed by atoms with Crippen molar-refractivity contribution in [3.8, 4) is 5.75 Å². The molecule has 126 valence electrons. The van der Waals surface area contributed by atoms with Gasteiger partial charge in [0.15, 0.2) is 0 Å². The summed E-state index contributed by atoms with van der Waals surface area (Å²) >= 11 is 0. The summed E-state index contributed by atoms with van der Waals surface area (Å²) in [6.45, 7) is 0. The normalized spacial score (nSPS) is 11.6. The third-order valence-corrected chi connectivity index (χ3v) is 4.02. The number of aromatic nitrogens is 1. The summed E-state index contributed by atoms with van der Waals surface area (Å²) < 4.78 is 5.22. The van der Waals surface area contributed by atoms with Gasteiger partial charge in [0.25, 0.3) is 0 Å². The molecule has 3 rings (SSSR count). The predicted molar refractivity (Wildman–Crippen MR) is 98.7 cm³/mol. The second kappa shape index (κ2) is 8.11. The smallest absolute Gasteiger partial charge is 0.232 e. The molecule has 1 N–H and O–H groups in total. The van der Waals surface area contributed by atoms with Crippen LogP contribution in [0.5, 0.6) is 5.75 Å². The van der Waals surface area contributed by atoms with Gasteiger partial charge < -0.3 is 10.1 Å². The van der Waals surface area contributed by atoms with Crippen LogP contribution in [0.4, 0.5) is 5.69 Å². The average molecular weight is 332 g/mol. The van der Waals surface area contributed by atoms with E-state index in [4.69, 9.17) is 4.74 Å². The Kier molecular flexibility index (Phi) is 5.42. The summed E-state index contributed by atoms with van der Waals surface area (Å²) in [5.41, 5.74) is 2.72. The van der Waals surface area contributed by atoms with Gasteiger partial charge in [0.05, 0.1) is 13.0 Å². The number of ether oxygens (including phenoxy) is 1. The van der Waals surface area contributed by atoms with Crippen LogP contribution in [0, 0.1) is 0 Å². The van der Waals surface area contributed by atoms with Crippen molar-refractivity contribution in [2.75, 3.05) is 12.4 Å². The SMILES string of the molecule is COc1cccc(NC(=O)C(Cc2cccnc2)c2ccccc2)c1. The number of carbonyl (C=O) groups excluding carboxylic acids is 1. The summed E-state index contributed by atoms with van der Waals surface area (Å²) in [6.07, 6.45) is 4.12. The van der Waals surface area contributed by atoms with E-state index in [2.05, 4.69) is 10.3 Å². The molecule has 0 fully saturated rings. The van der Waals surface area contributed by atoms with Crippen molar-refractivity contribution in [1.29, 1.82) is 0 Å². The van der Waals surface area contributed by atoms with Gasteiger partial charge in [-0.2, -0.15) is 0 Å². The number of methoxy groups -OCH3 is 1. The first-order valence-electron chi connectivity index (χ1n) is 8.15. The summed E-state index contributed by atoms with van der Waals surface area (Å²) in [4.78, 5) is 17.1. The lowest BCUT2D eigenvalue weighted by Crippen LogP contribution is -2.23. The fraction of sp³-hybridized carbons (Fsp3) is 0.143. The molecule has 0 aliphatic heterocycles. The Morgan fingerprint density at radius 3 is 2.64 bits per heavy atom. The summed E-state index contributed by atoms with van der Waals surface area (Å²) in [5.74, 6) is 0.362. The van der Waals surface area contributed by atoms with Crippen LogP contribution >= 0.6 is 0 Å². The fourth-order valence-electron chi connectivity index (χ4n) is 2.73. The van der Waals surface area contributed by atoms with E-state index in [0.717, 1.165) is 16.8 Å². The molecule has 1 heterocycles. The zero-order valence-electron chi connectivity index (χ0n) is 14.1.